The maximum atomic E-state index is 10.0. The van der Waals surface area contributed by atoms with Crippen molar-refractivity contribution in [2.75, 3.05) is 26.2 Å². The molecule has 1 N–H and O–H groups in total. The highest BCUT2D eigenvalue weighted by molar-refractivity contribution is 5.05. The van der Waals surface area contributed by atoms with Crippen LogP contribution in [0.3, 0.4) is 0 Å². The van der Waals surface area contributed by atoms with Gasteiger partial charge in [-0.3, -0.25) is 0 Å². The van der Waals surface area contributed by atoms with E-state index in [2.05, 4.69) is 10.8 Å². The van der Waals surface area contributed by atoms with Crippen LogP contribution in [0.25, 0.3) is 0 Å². The number of aliphatic hydroxyl groups excluding tert-OH is 1. The van der Waals surface area contributed by atoms with Crippen LogP contribution in [0, 0.1) is 12.3 Å². The zero-order valence-electron chi connectivity index (χ0n) is 11.8. The van der Waals surface area contributed by atoms with E-state index in [0.717, 1.165) is 19.5 Å². The molecule has 0 bridgehead atoms. The third-order valence-electron chi connectivity index (χ3n) is 3.74. The van der Waals surface area contributed by atoms with Crippen molar-refractivity contribution >= 4 is 0 Å². The minimum absolute atomic E-state index is 0.324. The molecule has 1 aliphatic rings. The lowest BCUT2D eigenvalue weighted by Gasteiger charge is -2.27. The van der Waals surface area contributed by atoms with Crippen LogP contribution in [0.15, 0.2) is 0 Å². The van der Waals surface area contributed by atoms with E-state index in [1.54, 1.807) is 0 Å². The predicted molar refractivity (Wildman–Crippen MR) is 74.4 cm³/mol. The summed E-state index contributed by atoms with van der Waals surface area (Å²) in [6, 6.07) is 0. The number of likely N-dealkylation sites (tertiary alicyclic amines) is 1. The molecule has 1 rings (SSSR count). The first kappa shape index (κ1) is 15.5. The van der Waals surface area contributed by atoms with Gasteiger partial charge in [0.25, 0.3) is 0 Å². The largest absolute Gasteiger partial charge is 0.389 e. The molecule has 18 heavy (non-hydrogen) atoms. The molecule has 0 unspecified atom stereocenters. The zero-order chi connectivity index (χ0) is 13.4. The summed E-state index contributed by atoms with van der Waals surface area (Å²) >= 11 is 0. The maximum Gasteiger partial charge on any atom is 0.125 e. The zero-order valence-corrected chi connectivity index (χ0v) is 11.8. The highest BCUT2D eigenvalue weighted by atomic mass is 16.5. The van der Waals surface area contributed by atoms with Crippen LogP contribution in [-0.4, -0.2) is 48.0 Å². The number of aliphatic hydroxyl groups is 1. The van der Waals surface area contributed by atoms with Gasteiger partial charge in [-0.05, 0) is 39.3 Å². The number of nitrogens with zero attached hydrogens (tertiary/aromatic N) is 1. The standard InChI is InChI=1S/C15H27NO2/c1-4-15(3,5-2)18-13-14(17)12-16-10-8-6-7-9-11-16/h1,14,17H,5-13H2,2-3H3/t14-,15-/m1/s1. The van der Waals surface area contributed by atoms with Crippen molar-refractivity contribution in [3.63, 3.8) is 0 Å². The summed E-state index contributed by atoms with van der Waals surface area (Å²) in [7, 11) is 0. The highest BCUT2D eigenvalue weighted by Crippen LogP contribution is 2.15. The van der Waals surface area contributed by atoms with E-state index in [4.69, 9.17) is 11.2 Å². The molecule has 1 aliphatic heterocycles. The van der Waals surface area contributed by atoms with Gasteiger partial charge in [-0.2, -0.15) is 0 Å². The Hall–Kier alpha value is -0.560. The molecule has 0 amide bonds. The van der Waals surface area contributed by atoms with E-state index in [1.807, 2.05) is 13.8 Å². The number of hydrogen-bond acceptors (Lipinski definition) is 3. The summed E-state index contributed by atoms with van der Waals surface area (Å²) in [5.41, 5.74) is -0.542. The van der Waals surface area contributed by atoms with E-state index in [0.29, 0.717) is 13.2 Å². The van der Waals surface area contributed by atoms with Crippen molar-refractivity contribution in [3.8, 4) is 12.3 Å². The highest BCUT2D eigenvalue weighted by Gasteiger charge is 2.22. The van der Waals surface area contributed by atoms with Crippen LogP contribution in [-0.2, 0) is 4.74 Å². The monoisotopic (exact) mass is 253 g/mol. The van der Waals surface area contributed by atoms with Crippen LogP contribution in [0.1, 0.15) is 46.0 Å². The van der Waals surface area contributed by atoms with Crippen LogP contribution in [0.5, 0.6) is 0 Å². The van der Waals surface area contributed by atoms with Crippen molar-refractivity contribution < 1.29 is 9.84 Å². The average Bonchev–Trinajstić information content (AvgIpc) is 2.64. The SMILES string of the molecule is C#C[C@](C)(CC)OC[C@H](O)CN1CCCCCC1. The van der Waals surface area contributed by atoms with Crippen LogP contribution < -0.4 is 0 Å². The minimum Gasteiger partial charge on any atom is -0.389 e. The Bertz CT molecular complexity index is 266. The normalized spacial score (nSPS) is 22.8. The molecule has 0 aromatic heterocycles. The maximum absolute atomic E-state index is 10.0. The van der Waals surface area contributed by atoms with Gasteiger partial charge in [-0.1, -0.05) is 25.7 Å². The topological polar surface area (TPSA) is 32.7 Å². The third-order valence-corrected chi connectivity index (χ3v) is 3.74. The summed E-state index contributed by atoms with van der Waals surface area (Å²) in [6.45, 7) is 7.11. The van der Waals surface area contributed by atoms with Gasteiger partial charge in [0.2, 0.25) is 0 Å². The molecule has 1 saturated heterocycles. The summed E-state index contributed by atoms with van der Waals surface area (Å²) in [6.07, 6.45) is 10.9. The second-order valence-electron chi connectivity index (χ2n) is 5.41. The Morgan fingerprint density at radius 1 is 1.33 bits per heavy atom. The molecular formula is C15H27NO2. The molecule has 1 heterocycles. The summed E-state index contributed by atoms with van der Waals surface area (Å²) in [5, 5.41) is 10.0. The summed E-state index contributed by atoms with van der Waals surface area (Å²) < 4.78 is 5.65. The Labute approximate surface area is 112 Å². The van der Waals surface area contributed by atoms with E-state index < -0.39 is 11.7 Å². The Morgan fingerprint density at radius 2 is 1.94 bits per heavy atom. The fraction of sp³-hybridized carbons (Fsp3) is 0.867. The molecule has 0 aliphatic carbocycles. The molecule has 3 heteroatoms. The fourth-order valence-electron chi connectivity index (χ4n) is 2.20. The molecular weight excluding hydrogens is 226 g/mol. The molecule has 2 atom stereocenters. The lowest BCUT2D eigenvalue weighted by atomic mass is 10.1. The van der Waals surface area contributed by atoms with Gasteiger partial charge in [0.15, 0.2) is 0 Å². The first-order valence-corrected chi connectivity index (χ1v) is 7.12. The molecule has 1 fully saturated rings. The fourth-order valence-corrected chi connectivity index (χ4v) is 2.20. The van der Waals surface area contributed by atoms with E-state index in [-0.39, 0.29) is 0 Å². The van der Waals surface area contributed by atoms with Crippen LogP contribution in [0.2, 0.25) is 0 Å². The van der Waals surface area contributed by atoms with Gasteiger partial charge in [0.1, 0.15) is 5.60 Å². The number of β-amino-alcohol motifs (C(OH)–C–C–N with tert-alkyl or cyclic N) is 1. The van der Waals surface area contributed by atoms with Gasteiger partial charge >= 0.3 is 0 Å². The van der Waals surface area contributed by atoms with Crippen molar-refractivity contribution in [1.82, 2.24) is 4.90 Å². The van der Waals surface area contributed by atoms with Crippen molar-refractivity contribution in [1.29, 1.82) is 0 Å². The smallest absolute Gasteiger partial charge is 0.125 e. The Morgan fingerprint density at radius 3 is 2.44 bits per heavy atom. The molecule has 0 spiro atoms. The molecule has 0 aromatic carbocycles. The van der Waals surface area contributed by atoms with Crippen molar-refractivity contribution in [3.05, 3.63) is 0 Å². The summed E-state index contributed by atoms with van der Waals surface area (Å²) in [4.78, 5) is 2.33. The van der Waals surface area contributed by atoms with Gasteiger partial charge in [-0.15, -0.1) is 6.42 Å². The van der Waals surface area contributed by atoms with Gasteiger partial charge < -0.3 is 14.7 Å². The first-order valence-electron chi connectivity index (χ1n) is 7.12. The molecule has 3 nitrogen and oxygen atoms in total. The third kappa shape index (κ3) is 5.39. The Balaban J connectivity index is 2.28. The second-order valence-corrected chi connectivity index (χ2v) is 5.41. The van der Waals surface area contributed by atoms with E-state index in [1.165, 1.54) is 25.7 Å². The van der Waals surface area contributed by atoms with Crippen molar-refractivity contribution in [2.45, 2.75) is 57.7 Å². The predicted octanol–water partition coefficient (Wildman–Crippen LogP) is 2.04. The van der Waals surface area contributed by atoms with Gasteiger partial charge in [-0.25, -0.2) is 0 Å². The lowest BCUT2D eigenvalue weighted by Crippen LogP contribution is -2.38. The van der Waals surface area contributed by atoms with Gasteiger partial charge in [0, 0.05) is 6.54 Å². The Kier molecular flexibility index (Phi) is 6.70. The molecule has 0 aromatic rings. The molecule has 104 valence electrons. The molecule has 0 radical (unpaired) electrons. The second kappa shape index (κ2) is 7.78. The van der Waals surface area contributed by atoms with Crippen molar-refractivity contribution in [2.24, 2.45) is 0 Å². The first-order chi connectivity index (χ1) is 8.59. The van der Waals surface area contributed by atoms with E-state index in [9.17, 15) is 5.11 Å². The average molecular weight is 253 g/mol. The van der Waals surface area contributed by atoms with Crippen LogP contribution >= 0.6 is 0 Å². The van der Waals surface area contributed by atoms with Gasteiger partial charge in [0.05, 0.1) is 12.7 Å². The number of ether oxygens (including phenoxy) is 1. The molecule has 0 saturated carbocycles. The number of terminal acetylenes is 1. The lowest BCUT2D eigenvalue weighted by molar-refractivity contribution is -0.0468. The minimum atomic E-state index is -0.542. The van der Waals surface area contributed by atoms with E-state index >= 15 is 0 Å². The quantitative estimate of drug-likeness (QED) is 0.735. The summed E-state index contributed by atoms with van der Waals surface area (Å²) in [5.74, 6) is 2.65. The number of rotatable bonds is 6. The van der Waals surface area contributed by atoms with Crippen LogP contribution in [0.4, 0.5) is 0 Å². The number of hydrogen-bond donors (Lipinski definition) is 1.